The smallest absolute Gasteiger partial charge is 0.340 e. The van der Waals surface area contributed by atoms with Crippen molar-refractivity contribution in [2.45, 2.75) is 26.3 Å². The number of hydrogen-bond donors (Lipinski definition) is 0. The van der Waals surface area contributed by atoms with E-state index in [0.29, 0.717) is 5.75 Å². The summed E-state index contributed by atoms with van der Waals surface area (Å²) in [7, 11) is 2.67. The number of hydrogen-bond acceptors (Lipinski definition) is 7. The van der Waals surface area contributed by atoms with E-state index in [4.69, 9.17) is 9.47 Å². The number of carbonyl (C=O) groups excluding carboxylic acids is 2. The third-order valence-electron chi connectivity index (χ3n) is 4.13. The number of esters is 1. The van der Waals surface area contributed by atoms with E-state index in [1.165, 1.54) is 26.5 Å². The lowest BCUT2D eigenvalue weighted by Crippen LogP contribution is -2.42. The van der Waals surface area contributed by atoms with Crippen LogP contribution in [0.4, 0.5) is 0 Å². The van der Waals surface area contributed by atoms with E-state index in [0.717, 1.165) is 4.90 Å². The monoisotopic (exact) mass is 330 g/mol. The Morgan fingerprint density at radius 2 is 2.08 bits per heavy atom. The summed E-state index contributed by atoms with van der Waals surface area (Å²) in [5.74, 6) is -0.884. The first-order valence-corrected chi connectivity index (χ1v) is 7.27. The van der Waals surface area contributed by atoms with Crippen LogP contribution in [0.15, 0.2) is 17.3 Å². The van der Waals surface area contributed by atoms with E-state index in [1.54, 1.807) is 6.92 Å². The largest absolute Gasteiger partial charge is 0.495 e. The fourth-order valence-electron chi connectivity index (χ4n) is 2.27. The number of ether oxygens (including phenoxy) is 2. The van der Waals surface area contributed by atoms with Gasteiger partial charge in [0.05, 0.1) is 26.0 Å². The number of amidine groups is 1. The van der Waals surface area contributed by atoms with Gasteiger partial charge in [-0.2, -0.15) is 10.2 Å². The van der Waals surface area contributed by atoms with E-state index >= 15 is 0 Å². The molecule has 1 aliphatic heterocycles. The molecule has 0 N–H and O–H groups in total. The second kappa shape index (κ2) is 6.28. The number of methoxy groups -OCH3 is 2. The number of rotatable bonds is 4. The molecule has 8 heteroatoms. The molecule has 0 spiro atoms. The van der Waals surface area contributed by atoms with Crippen molar-refractivity contribution < 1.29 is 19.1 Å². The molecule has 2 rings (SSSR count). The minimum Gasteiger partial charge on any atom is -0.495 e. The van der Waals surface area contributed by atoms with Gasteiger partial charge in [-0.05, 0) is 18.9 Å². The standard InChI is InChI=1S/C16H18N4O4/c1-9(2)16(3)15(22)20(8-17)13(19-16)12-11(14(21)24-5)6-10(23-4)7-18-12/h6-7,9H,1-5H3. The lowest BCUT2D eigenvalue weighted by Gasteiger charge is -2.22. The predicted octanol–water partition coefficient (Wildman–Crippen LogP) is 1.36. The quantitative estimate of drug-likeness (QED) is 0.610. The Kier molecular flexibility index (Phi) is 4.55. The van der Waals surface area contributed by atoms with Crippen LogP contribution < -0.4 is 4.74 Å². The maximum atomic E-state index is 12.6. The van der Waals surface area contributed by atoms with E-state index in [2.05, 4.69) is 9.98 Å². The van der Waals surface area contributed by atoms with Gasteiger partial charge in [0.25, 0.3) is 5.91 Å². The Hall–Kier alpha value is -2.95. The highest BCUT2D eigenvalue weighted by molar-refractivity contribution is 6.18. The Balaban J connectivity index is 2.68. The summed E-state index contributed by atoms with van der Waals surface area (Å²) in [4.78, 5) is 34.1. The van der Waals surface area contributed by atoms with Gasteiger partial charge < -0.3 is 9.47 Å². The molecular weight excluding hydrogens is 312 g/mol. The summed E-state index contributed by atoms with van der Waals surface area (Å²) in [5.41, 5.74) is -0.932. The van der Waals surface area contributed by atoms with Crippen LogP contribution in [0, 0.1) is 17.4 Å². The minimum atomic E-state index is -1.10. The molecule has 1 aromatic heterocycles. The van der Waals surface area contributed by atoms with Gasteiger partial charge in [-0.25, -0.2) is 14.8 Å². The molecule has 126 valence electrons. The second-order valence-electron chi connectivity index (χ2n) is 5.74. The zero-order valence-corrected chi connectivity index (χ0v) is 14.2. The first-order chi connectivity index (χ1) is 11.3. The molecule has 1 unspecified atom stereocenters. The first kappa shape index (κ1) is 17.4. The Bertz CT molecular complexity index is 766. The first-order valence-electron chi connectivity index (χ1n) is 7.27. The molecule has 1 atom stereocenters. The molecule has 0 saturated carbocycles. The van der Waals surface area contributed by atoms with Crippen LogP contribution in [0.5, 0.6) is 5.75 Å². The molecule has 24 heavy (non-hydrogen) atoms. The average molecular weight is 330 g/mol. The second-order valence-corrected chi connectivity index (χ2v) is 5.74. The van der Waals surface area contributed by atoms with E-state index < -0.39 is 17.4 Å². The number of aromatic nitrogens is 1. The van der Waals surface area contributed by atoms with Crippen LogP contribution in [-0.4, -0.2) is 47.4 Å². The number of carbonyl (C=O) groups is 2. The van der Waals surface area contributed by atoms with Crippen LogP contribution in [0.1, 0.15) is 36.8 Å². The molecule has 0 saturated heterocycles. The van der Waals surface area contributed by atoms with Gasteiger partial charge in [0.1, 0.15) is 17.0 Å². The summed E-state index contributed by atoms with van der Waals surface area (Å²) in [5, 5.41) is 9.38. The van der Waals surface area contributed by atoms with Crippen molar-refractivity contribution in [3.63, 3.8) is 0 Å². The highest BCUT2D eigenvalue weighted by atomic mass is 16.5. The maximum Gasteiger partial charge on any atom is 0.340 e. The molecule has 0 fully saturated rings. The van der Waals surface area contributed by atoms with Gasteiger partial charge in [-0.3, -0.25) is 4.79 Å². The predicted molar refractivity (Wildman–Crippen MR) is 84.4 cm³/mol. The van der Waals surface area contributed by atoms with Crippen molar-refractivity contribution in [3.8, 4) is 11.9 Å². The number of nitriles is 1. The third-order valence-corrected chi connectivity index (χ3v) is 4.13. The van der Waals surface area contributed by atoms with Crippen molar-refractivity contribution >= 4 is 17.7 Å². The number of nitrogens with zero attached hydrogens (tertiary/aromatic N) is 4. The number of amides is 1. The van der Waals surface area contributed by atoms with Crippen molar-refractivity contribution in [3.05, 3.63) is 23.5 Å². The summed E-state index contributed by atoms with van der Waals surface area (Å²) in [6.45, 7) is 5.32. The average Bonchev–Trinajstić information content (AvgIpc) is 2.85. The molecule has 0 aliphatic carbocycles. The molecule has 0 aromatic carbocycles. The minimum absolute atomic E-state index is 0.0294. The molecule has 1 aromatic rings. The van der Waals surface area contributed by atoms with Gasteiger partial charge in [0.15, 0.2) is 12.0 Å². The highest BCUT2D eigenvalue weighted by Crippen LogP contribution is 2.32. The molecule has 8 nitrogen and oxygen atoms in total. The fourth-order valence-corrected chi connectivity index (χ4v) is 2.27. The van der Waals surface area contributed by atoms with Crippen molar-refractivity contribution in [2.75, 3.05) is 14.2 Å². The fraction of sp³-hybridized carbons (Fsp3) is 0.438. The summed E-state index contributed by atoms with van der Waals surface area (Å²) in [6, 6.07) is 1.43. The molecule has 1 aliphatic rings. The Labute approximate surface area is 139 Å². The van der Waals surface area contributed by atoms with Crippen molar-refractivity contribution in [1.29, 1.82) is 5.26 Å². The Morgan fingerprint density at radius 1 is 1.42 bits per heavy atom. The molecule has 0 bridgehead atoms. The van der Waals surface area contributed by atoms with E-state index in [-0.39, 0.29) is 23.0 Å². The molecule has 1 amide bonds. The number of pyridine rings is 1. The van der Waals surface area contributed by atoms with Gasteiger partial charge in [-0.15, -0.1) is 0 Å². The summed E-state index contributed by atoms with van der Waals surface area (Å²) in [6.07, 6.45) is 3.20. The van der Waals surface area contributed by atoms with Crippen LogP contribution in [-0.2, 0) is 9.53 Å². The molecule has 0 radical (unpaired) electrons. The van der Waals surface area contributed by atoms with Crippen LogP contribution in [0.3, 0.4) is 0 Å². The van der Waals surface area contributed by atoms with Crippen LogP contribution >= 0.6 is 0 Å². The van der Waals surface area contributed by atoms with Crippen LogP contribution in [0.25, 0.3) is 0 Å². The topological polar surface area (TPSA) is 105 Å². The third kappa shape index (κ3) is 2.58. The zero-order chi connectivity index (χ0) is 18.1. The SMILES string of the molecule is COC(=O)c1cc(OC)cnc1C1=NC(C)(C(C)C)C(=O)N1C#N. The summed E-state index contributed by atoms with van der Waals surface area (Å²) >= 11 is 0. The maximum absolute atomic E-state index is 12.6. The molecule has 2 heterocycles. The Morgan fingerprint density at radius 3 is 2.58 bits per heavy atom. The normalized spacial score (nSPS) is 20.0. The lowest BCUT2D eigenvalue weighted by molar-refractivity contribution is -0.129. The highest BCUT2D eigenvalue weighted by Gasteiger charge is 2.48. The number of aliphatic imine (C=N–C) groups is 1. The van der Waals surface area contributed by atoms with Crippen molar-refractivity contribution in [2.24, 2.45) is 10.9 Å². The van der Waals surface area contributed by atoms with Gasteiger partial charge in [0.2, 0.25) is 0 Å². The van der Waals surface area contributed by atoms with E-state index in [9.17, 15) is 14.9 Å². The van der Waals surface area contributed by atoms with Gasteiger partial charge in [-0.1, -0.05) is 13.8 Å². The van der Waals surface area contributed by atoms with Crippen molar-refractivity contribution in [1.82, 2.24) is 9.88 Å². The lowest BCUT2D eigenvalue weighted by atomic mass is 9.89. The van der Waals surface area contributed by atoms with E-state index in [1.807, 2.05) is 20.0 Å². The summed E-state index contributed by atoms with van der Waals surface area (Å²) < 4.78 is 9.82. The molecular formula is C16H18N4O4. The van der Waals surface area contributed by atoms with Gasteiger partial charge in [0, 0.05) is 0 Å². The van der Waals surface area contributed by atoms with Crippen LogP contribution in [0.2, 0.25) is 0 Å². The zero-order valence-electron chi connectivity index (χ0n) is 14.2. The van der Waals surface area contributed by atoms with Gasteiger partial charge >= 0.3 is 5.97 Å².